The zero-order valence-electron chi connectivity index (χ0n) is 10.3. The highest BCUT2D eigenvalue weighted by Crippen LogP contribution is 2.05. The normalized spacial score (nSPS) is 9.95. The van der Waals surface area contributed by atoms with Crippen molar-refractivity contribution in [2.24, 2.45) is 0 Å². The van der Waals surface area contributed by atoms with Gasteiger partial charge in [-0.2, -0.15) is 11.3 Å². The summed E-state index contributed by atoms with van der Waals surface area (Å²) in [6, 6.07) is 7.06. The molecule has 0 unspecified atom stereocenters. The lowest BCUT2D eigenvalue weighted by molar-refractivity contribution is -0.115. The van der Waals surface area contributed by atoms with Crippen molar-refractivity contribution in [1.29, 1.82) is 0 Å². The van der Waals surface area contributed by atoms with Crippen LogP contribution in [0.1, 0.15) is 16.1 Å². The van der Waals surface area contributed by atoms with Gasteiger partial charge in [-0.3, -0.25) is 9.59 Å². The summed E-state index contributed by atoms with van der Waals surface area (Å²) in [5.74, 6) is -0.0786. The first-order valence-corrected chi connectivity index (χ1v) is 6.63. The van der Waals surface area contributed by atoms with Crippen LogP contribution in [0.5, 0.6) is 0 Å². The minimum atomic E-state index is -0.304. The molecule has 6 heteroatoms. The lowest BCUT2D eigenvalue weighted by Gasteiger charge is -2.06. The Labute approximate surface area is 114 Å². The number of aryl methyl sites for hydroxylation is 1. The molecule has 0 aliphatic carbocycles. The van der Waals surface area contributed by atoms with Gasteiger partial charge in [0.1, 0.15) is 5.82 Å². The molecule has 2 amide bonds. The monoisotopic (exact) mass is 275 g/mol. The summed E-state index contributed by atoms with van der Waals surface area (Å²) in [7, 11) is 0. The van der Waals surface area contributed by atoms with Crippen LogP contribution in [0.25, 0.3) is 0 Å². The van der Waals surface area contributed by atoms with Gasteiger partial charge in [-0.1, -0.05) is 6.07 Å². The third kappa shape index (κ3) is 3.89. The van der Waals surface area contributed by atoms with Crippen molar-refractivity contribution in [3.63, 3.8) is 0 Å². The van der Waals surface area contributed by atoms with Gasteiger partial charge >= 0.3 is 0 Å². The van der Waals surface area contributed by atoms with Gasteiger partial charge in [0.25, 0.3) is 5.91 Å². The van der Waals surface area contributed by atoms with Gasteiger partial charge < -0.3 is 10.6 Å². The molecule has 0 spiro atoms. The van der Waals surface area contributed by atoms with E-state index in [0.717, 1.165) is 5.69 Å². The van der Waals surface area contributed by atoms with Crippen LogP contribution < -0.4 is 10.6 Å². The molecule has 2 heterocycles. The number of amides is 2. The van der Waals surface area contributed by atoms with Crippen LogP contribution in [0.3, 0.4) is 0 Å². The molecular formula is C13H13N3O2S. The quantitative estimate of drug-likeness (QED) is 0.894. The lowest BCUT2D eigenvalue weighted by Crippen LogP contribution is -2.32. The molecule has 0 aromatic carbocycles. The van der Waals surface area contributed by atoms with E-state index in [-0.39, 0.29) is 18.4 Å². The number of carbonyl (C=O) groups is 2. The molecular weight excluding hydrogens is 262 g/mol. The third-order valence-electron chi connectivity index (χ3n) is 2.35. The zero-order valence-corrected chi connectivity index (χ0v) is 11.2. The number of hydrogen-bond donors (Lipinski definition) is 2. The standard InChI is InChI=1S/C13H13N3O2S/c1-9-3-2-4-11(15-9)16-12(17)7-14-13(18)10-5-6-19-8-10/h2-6,8H,7H2,1H3,(H,14,18)(H,15,16,17). The van der Waals surface area contributed by atoms with E-state index in [0.29, 0.717) is 11.4 Å². The Morgan fingerprint density at radius 3 is 2.84 bits per heavy atom. The molecule has 2 aromatic heterocycles. The molecule has 5 nitrogen and oxygen atoms in total. The first kappa shape index (κ1) is 13.2. The number of hydrogen-bond acceptors (Lipinski definition) is 4. The Bertz CT molecular complexity index is 581. The average molecular weight is 275 g/mol. The van der Waals surface area contributed by atoms with Crippen LogP contribution in [-0.4, -0.2) is 23.3 Å². The summed E-state index contributed by atoms with van der Waals surface area (Å²) >= 11 is 1.44. The smallest absolute Gasteiger partial charge is 0.252 e. The van der Waals surface area contributed by atoms with Crippen molar-refractivity contribution >= 4 is 29.0 Å². The highest BCUT2D eigenvalue weighted by molar-refractivity contribution is 7.08. The first-order chi connectivity index (χ1) is 9.15. The summed E-state index contributed by atoms with van der Waals surface area (Å²) in [6.07, 6.45) is 0. The van der Waals surface area contributed by atoms with Crippen molar-refractivity contribution in [1.82, 2.24) is 10.3 Å². The van der Waals surface area contributed by atoms with Gasteiger partial charge in [0.15, 0.2) is 0 Å². The second-order valence-electron chi connectivity index (χ2n) is 3.91. The predicted octanol–water partition coefficient (Wildman–Crippen LogP) is 1.82. The highest BCUT2D eigenvalue weighted by Gasteiger charge is 2.08. The van der Waals surface area contributed by atoms with Crippen molar-refractivity contribution in [3.05, 3.63) is 46.3 Å². The number of rotatable bonds is 4. The fourth-order valence-corrected chi connectivity index (χ4v) is 2.09. The van der Waals surface area contributed by atoms with Crippen molar-refractivity contribution in [3.8, 4) is 0 Å². The van der Waals surface area contributed by atoms with E-state index in [4.69, 9.17) is 0 Å². The van der Waals surface area contributed by atoms with Crippen LogP contribution in [0.4, 0.5) is 5.82 Å². The maximum atomic E-state index is 11.6. The molecule has 98 valence electrons. The van der Waals surface area contributed by atoms with Gasteiger partial charge in [-0.25, -0.2) is 4.98 Å². The van der Waals surface area contributed by atoms with Gasteiger partial charge in [0.2, 0.25) is 5.91 Å². The topological polar surface area (TPSA) is 71.1 Å². The summed E-state index contributed by atoms with van der Waals surface area (Å²) < 4.78 is 0. The second-order valence-corrected chi connectivity index (χ2v) is 4.69. The number of anilines is 1. The van der Waals surface area contributed by atoms with Crippen molar-refractivity contribution < 1.29 is 9.59 Å². The summed E-state index contributed by atoms with van der Waals surface area (Å²) in [4.78, 5) is 27.4. The maximum Gasteiger partial charge on any atom is 0.252 e. The zero-order chi connectivity index (χ0) is 13.7. The highest BCUT2D eigenvalue weighted by atomic mass is 32.1. The Hall–Kier alpha value is -2.21. The molecule has 0 atom stereocenters. The number of carbonyl (C=O) groups excluding carboxylic acids is 2. The molecule has 0 bridgehead atoms. The van der Waals surface area contributed by atoms with Crippen LogP contribution in [0.2, 0.25) is 0 Å². The van der Waals surface area contributed by atoms with Crippen LogP contribution in [-0.2, 0) is 4.79 Å². The van der Waals surface area contributed by atoms with E-state index in [1.807, 2.05) is 24.4 Å². The molecule has 19 heavy (non-hydrogen) atoms. The van der Waals surface area contributed by atoms with Gasteiger partial charge in [0.05, 0.1) is 6.54 Å². The van der Waals surface area contributed by atoms with E-state index in [9.17, 15) is 9.59 Å². The molecule has 2 aromatic rings. The Kier molecular flexibility index (Phi) is 4.25. The van der Waals surface area contributed by atoms with Gasteiger partial charge in [-0.15, -0.1) is 0 Å². The van der Waals surface area contributed by atoms with Gasteiger partial charge in [-0.05, 0) is 30.5 Å². The maximum absolute atomic E-state index is 11.6. The van der Waals surface area contributed by atoms with E-state index >= 15 is 0 Å². The number of nitrogens with one attached hydrogen (secondary N) is 2. The van der Waals surface area contributed by atoms with E-state index in [1.165, 1.54) is 11.3 Å². The van der Waals surface area contributed by atoms with Crippen LogP contribution >= 0.6 is 11.3 Å². The number of thiophene rings is 1. The molecule has 0 saturated carbocycles. The summed E-state index contributed by atoms with van der Waals surface area (Å²) in [5.41, 5.74) is 1.38. The second kappa shape index (κ2) is 6.10. The average Bonchev–Trinajstić information content (AvgIpc) is 2.90. The van der Waals surface area contributed by atoms with E-state index < -0.39 is 0 Å². The largest absolute Gasteiger partial charge is 0.343 e. The SMILES string of the molecule is Cc1cccc(NC(=O)CNC(=O)c2ccsc2)n1. The minimum absolute atomic E-state index is 0.0791. The fourth-order valence-electron chi connectivity index (χ4n) is 1.46. The first-order valence-electron chi connectivity index (χ1n) is 5.69. The molecule has 0 fully saturated rings. The van der Waals surface area contributed by atoms with E-state index in [2.05, 4.69) is 15.6 Å². The van der Waals surface area contributed by atoms with Crippen LogP contribution in [0.15, 0.2) is 35.0 Å². The van der Waals surface area contributed by atoms with Gasteiger partial charge in [0, 0.05) is 16.6 Å². The number of pyridine rings is 1. The molecule has 0 aliphatic heterocycles. The Morgan fingerprint density at radius 1 is 1.32 bits per heavy atom. The minimum Gasteiger partial charge on any atom is -0.343 e. The summed E-state index contributed by atoms with van der Waals surface area (Å²) in [6.45, 7) is 1.76. The third-order valence-corrected chi connectivity index (χ3v) is 3.03. The molecule has 2 rings (SSSR count). The number of nitrogens with zero attached hydrogens (tertiary/aromatic N) is 1. The lowest BCUT2D eigenvalue weighted by atomic mass is 10.3. The molecule has 2 N–H and O–H groups in total. The fraction of sp³-hybridized carbons (Fsp3) is 0.154. The van der Waals surface area contributed by atoms with Crippen molar-refractivity contribution in [2.45, 2.75) is 6.92 Å². The predicted molar refractivity (Wildman–Crippen MR) is 74.3 cm³/mol. The molecule has 0 aliphatic rings. The Balaban J connectivity index is 1.83. The molecule has 0 radical (unpaired) electrons. The molecule has 0 saturated heterocycles. The Morgan fingerprint density at radius 2 is 2.16 bits per heavy atom. The van der Waals surface area contributed by atoms with Crippen molar-refractivity contribution in [2.75, 3.05) is 11.9 Å². The van der Waals surface area contributed by atoms with E-state index in [1.54, 1.807) is 17.5 Å². The summed E-state index contributed by atoms with van der Waals surface area (Å²) in [5, 5.41) is 8.71. The van der Waals surface area contributed by atoms with Crippen LogP contribution in [0, 0.1) is 6.92 Å². The number of aromatic nitrogens is 1.